The highest BCUT2D eigenvalue weighted by Gasteiger charge is 2.30. The van der Waals surface area contributed by atoms with Gasteiger partial charge in [-0.1, -0.05) is 18.2 Å². The molecule has 1 heterocycles. The van der Waals surface area contributed by atoms with E-state index < -0.39 is 0 Å². The predicted molar refractivity (Wildman–Crippen MR) is 101 cm³/mol. The Morgan fingerprint density at radius 1 is 1.12 bits per heavy atom. The Hall–Kier alpha value is -2.67. The Morgan fingerprint density at radius 3 is 2.52 bits per heavy atom. The third-order valence-electron chi connectivity index (χ3n) is 3.89. The lowest BCUT2D eigenvalue weighted by atomic mass is 10.1. The summed E-state index contributed by atoms with van der Waals surface area (Å²) >= 11 is 3.46. The van der Waals surface area contributed by atoms with Crippen LogP contribution in [0.2, 0.25) is 0 Å². The van der Waals surface area contributed by atoms with Gasteiger partial charge in [-0.05, 0) is 34.1 Å². The van der Waals surface area contributed by atoms with E-state index >= 15 is 0 Å². The number of carbonyl (C=O) groups excluding carboxylic acids is 1. The Kier molecular flexibility index (Phi) is 4.85. The summed E-state index contributed by atoms with van der Waals surface area (Å²) < 4.78 is 11.3. The Morgan fingerprint density at radius 2 is 1.80 bits per heavy atom. The van der Waals surface area contributed by atoms with Crippen LogP contribution < -0.4 is 14.4 Å². The van der Waals surface area contributed by atoms with Crippen molar-refractivity contribution in [3.63, 3.8) is 0 Å². The number of amides is 1. The molecule has 0 bridgehead atoms. The molecule has 1 aliphatic rings. The molecule has 25 heavy (non-hydrogen) atoms. The third kappa shape index (κ3) is 3.15. The van der Waals surface area contributed by atoms with Gasteiger partial charge in [0.1, 0.15) is 0 Å². The zero-order valence-electron chi connectivity index (χ0n) is 14.0. The molecule has 0 N–H and O–H groups in total. The number of hydrogen-bond donors (Lipinski definition) is 0. The van der Waals surface area contributed by atoms with E-state index in [2.05, 4.69) is 26.1 Å². The molecule has 0 unspecified atom stereocenters. The molecule has 6 nitrogen and oxygen atoms in total. The molecular formula is C18H16BrN3O3. The Bertz CT molecular complexity index is 893. The second-order valence-electron chi connectivity index (χ2n) is 5.30. The number of methoxy groups -OCH3 is 2. The summed E-state index contributed by atoms with van der Waals surface area (Å²) in [6, 6.07) is 11.1. The van der Waals surface area contributed by atoms with E-state index in [0.717, 1.165) is 21.3 Å². The molecule has 2 aromatic rings. The summed E-state index contributed by atoms with van der Waals surface area (Å²) in [5.74, 6) is 1.02. The number of hydrogen-bond acceptors (Lipinski definition) is 5. The molecule has 1 aliphatic heterocycles. The summed E-state index contributed by atoms with van der Waals surface area (Å²) in [6.45, 7) is 0. The van der Waals surface area contributed by atoms with Crippen molar-refractivity contribution in [3.05, 3.63) is 52.0 Å². The van der Waals surface area contributed by atoms with Gasteiger partial charge in [0.05, 0.1) is 26.1 Å². The lowest BCUT2D eigenvalue weighted by molar-refractivity contribution is -0.111. The van der Waals surface area contributed by atoms with Gasteiger partial charge < -0.3 is 14.4 Å². The van der Waals surface area contributed by atoms with Gasteiger partial charge >= 0.3 is 0 Å². The fourth-order valence-corrected chi connectivity index (χ4v) is 2.99. The molecule has 7 heteroatoms. The average Bonchev–Trinajstić information content (AvgIpc) is 2.87. The van der Waals surface area contributed by atoms with Gasteiger partial charge in [0, 0.05) is 22.6 Å². The van der Waals surface area contributed by atoms with Gasteiger partial charge in [0.2, 0.25) is 0 Å². The third-order valence-corrected chi connectivity index (χ3v) is 4.57. The smallest absolute Gasteiger partial charge is 0.279 e. The number of carbonyl (C=O) groups is 1. The van der Waals surface area contributed by atoms with E-state index in [1.165, 1.54) is 0 Å². The molecule has 3 rings (SSSR count). The zero-order chi connectivity index (χ0) is 18.0. The van der Waals surface area contributed by atoms with Crippen LogP contribution in [0.15, 0.2) is 51.1 Å². The lowest BCUT2D eigenvalue weighted by Gasteiger charge is -2.09. The van der Waals surface area contributed by atoms with Crippen LogP contribution in [-0.4, -0.2) is 39.1 Å². The van der Waals surface area contributed by atoms with E-state index in [4.69, 9.17) is 9.47 Å². The van der Waals surface area contributed by atoms with Crippen molar-refractivity contribution in [1.29, 1.82) is 0 Å². The second kappa shape index (κ2) is 7.06. The molecule has 0 atom stereocenters. The molecule has 0 radical (unpaired) electrons. The molecule has 0 saturated heterocycles. The number of likely N-dealkylation sites (N-methyl/N-ethyl adjacent to an activating group) is 1. The first-order valence-corrected chi connectivity index (χ1v) is 8.26. The maximum atomic E-state index is 12.3. The van der Waals surface area contributed by atoms with Crippen LogP contribution in [0.25, 0.3) is 0 Å². The normalized spacial score (nSPS) is 15.1. The number of para-hydroxylation sites is 1. The van der Waals surface area contributed by atoms with Crippen molar-refractivity contribution >= 4 is 39.5 Å². The van der Waals surface area contributed by atoms with Crippen molar-refractivity contribution in [3.8, 4) is 11.5 Å². The lowest BCUT2D eigenvalue weighted by Crippen LogP contribution is -2.25. The minimum absolute atomic E-state index is 0.176. The van der Waals surface area contributed by atoms with E-state index in [1.807, 2.05) is 24.3 Å². The first kappa shape index (κ1) is 17.2. The van der Waals surface area contributed by atoms with Crippen LogP contribution in [0.4, 0.5) is 5.69 Å². The summed E-state index contributed by atoms with van der Waals surface area (Å²) in [5, 5.41) is 8.22. The topological polar surface area (TPSA) is 63.5 Å². The SMILES string of the molecule is COc1cc(Br)c(/C=N\N=C2/C(=O)N(C)c3ccccc32)cc1OC. The maximum absolute atomic E-state index is 12.3. The van der Waals surface area contributed by atoms with E-state index in [-0.39, 0.29) is 5.91 Å². The van der Waals surface area contributed by atoms with Crippen molar-refractivity contribution in [1.82, 2.24) is 0 Å². The summed E-state index contributed by atoms with van der Waals surface area (Å²) in [5.41, 5.74) is 2.69. The van der Waals surface area contributed by atoms with E-state index in [1.54, 1.807) is 44.5 Å². The van der Waals surface area contributed by atoms with E-state index in [0.29, 0.717) is 17.2 Å². The summed E-state index contributed by atoms with van der Waals surface area (Å²) in [4.78, 5) is 13.9. The first-order chi connectivity index (χ1) is 12.1. The zero-order valence-corrected chi connectivity index (χ0v) is 15.6. The van der Waals surface area contributed by atoms with Crippen molar-refractivity contribution in [2.75, 3.05) is 26.2 Å². The monoisotopic (exact) mass is 401 g/mol. The molecule has 128 valence electrons. The number of halogens is 1. The molecule has 0 saturated carbocycles. The fourth-order valence-electron chi connectivity index (χ4n) is 2.56. The van der Waals surface area contributed by atoms with Crippen LogP contribution in [0, 0.1) is 0 Å². The number of ether oxygens (including phenoxy) is 2. The molecule has 0 spiro atoms. The van der Waals surface area contributed by atoms with Crippen LogP contribution >= 0.6 is 15.9 Å². The van der Waals surface area contributed by atoms with Crippen LogP contribution in [-0.2, 0) is 4.79 Å². The molecule has 1 amide bonds. The van der Waals surface area contributed by atoms with Gasteiger partial charge in [-0.25, -0.2) is 0 Å². The van der Waals surface area contributed by atoms with Gasteiger partial charge in [-0.2, -0.15) is 5.10 Å². The van der Waals surface area contributed by atoms with E-state index in [9.17, 15) is 4.79 Å². The minimum atomic E-state index is -0.176. The Labute approximate surface area is 153 Å². The average molecular weight is 402 g/mol. The summed E-state index contributed by atoms with van der Waals surface area (Å²) in [6.07, 6.45) is 1.56. The highest BCUT2D eigenvalue weighted by molar-refractivity contribution is 9.10. The minimum Gasteiger partial charge on any atom is -0.493 e. The Balaban J connectivity index is 1.94. The van der Waals surface area contributed by atoms with Crippen molar-refractivity contribution < 1.29 is 14.3 Å². The molecular weight excluding hydrogens is 386 g/mol. The molecule has 0 fully saturated rings. The second-order valence-corrected chi connectivity index (χ2v) is 6.16. The van der Waals surface area contributed by atoms with Gasteiger partial charge in [0.15, 0.2) is 17.2 Å². The number of nitrogens with zero attached hydrogens (tertiary/aromatic N) is 3. The fraction of sp³-hybridized carbons (Fsp3) is 0.167. The van der Waals surface area contributed by atoms with Crippen LogP contribution in [0.1, 0.15) is 11.1 Å². The first-order valence-electron chi connectivity index (χ1n) is 7.46. The highest BCUT2D eigenvalue weighted by atomic mass is 79.9. The van der Waals surface area contributed by atoms with Crippen LogP contribution in [0.3, 0.4) is 0 Å². The standard InChI is InChI=1S/C18H16BrN3O3/c1-22-14-7-5-4-6-12(14)17(18(22)23)21-20-10-11-8-15(24-2)16(25-3)9-13(11)19/h4-10H,1-3H3/b20-10-,21-17-. The van der Waals surface area contributed by atoms with Crippen molar-refractivity contribution in [2.24, 2.45) is 10.2 Å². The number of benzene rings is 2. The largest absolute Gasteiger partial charge is 0.493 e. The van der Waals surface area contributed by atoms with Gasteiger partial charge in [0.25, 0.3) is 5.91 Å². The highest BCUT2D eigenvalue weighted by Crippen LogP contribution is 2.32. The molecule has 2 aromatic carbocycles. The van der Waals surface area contributed by atoms with Crippen LogP contribution in [0.5, 0.6) is 11.5 Å². The van der Waals surface area contributed by atoms with Gasteiger partial charge in [-0.15, -0.1) is 5.10 Å². The molecule has 0 aliphatic carbocycles. The van der Waals surface area contributed by atoms with Gasteiger partial charge in [-0.3, -0.25) is 4.79 Å². The quantitative estimate of drug-likeness (QED) is 0.583. The molecule has 0 aromatic heterocycles. The summed E-state index contributed by atoms with van der Waals surface area (Å²) in [7, 11) is 4.86. The number of anilines is 1. The number of rotatable bonds is 4. The predicted octanol–water partition coefficient (Wildman–Crippen LogP) is 3.27. The maximum Gasteiger partial charge on any atom is 0.279 e. The van der Waals surface area contributed by atoms with Crippen molar-refractivity contribution in [2.45, 2.75) is 0 Å². The number of fused-ring (bicyclic) bond motifs is 1.